The van der Waals surface area contributed by atoms with Gasteiger partial charge in [-0.2, -0.15) is 0 Å². The molecule has 28 heavy (non-hydrogen) atoms. The highest BCUT2D eigenvalue weighted by molar-refractivity contribution is 6.33. The fourth-order valence-corrected chi connectivity index (χ4v) is 4.00. The molecule has 1 N–H and O–H groups in total. The van der Waals surface area contributed by atoms with Crippen LogP contribution in [0.2, 0.25) is 5.02 Å². The number of nitrogens with one attached hydrogen (secondary N) is 1. The van der Waals surface area contributed by atoms with Gasteiger partial charge in [0.2, 0.25) is 0 Å². The Kier molecular flexibility index (Phi) is 5.60. The van der Waals surface area contributed by atoms with Crippen LogP contribution in [0.1, 0.15) is 28.8 Å². The minimum Gasteiger partial charge on any atom is -0.351 e. The first kappa shape index (κ1) is 18.9. The second-order valence-corrected chi connectivity index (χ2v) is 7.77. The highest BCUT2D eigenvalue weighted by Crippen LogP contribution is 2.30. The number of aryl methyl sites for hydroxylation is 1. The summed E-state index contributed by atoms with van der Waals surface area (Å²) in [5.41, 5.74) is 4.09. The van der Waals surface area contributed by atoms with E-state index in [0.29, 0.717) is 22.8 Å². The number of hydrogen-bond acceptors (Lipinski definition) is 3. The highest BCUT2D eigenvalue weighted by Gasteiger charge is 2.16. The van der Waals surface area contributed by atoms with Crippen LogP contribution < -0.4 is 5.32 Å². The average molecular weight is 394 g/mol. The van der Waals surface area contributed by atoms with E-state index in [9.17, 15) is 4.79 Å². The van der Waals surface area contributed by atoms with Crippen molar-refractivity contribution in [2.45, 2.75) is 19.8 Å². The summed E-state index contributed by atoms with van der Waals surface area (Å²) < 4.78 is 0. The van der Waals surface area contributed by atoms with Gasteiger partial charge in [-0.1, -0.05) is 41.4 Å². The van der Waals surface area contributed by atoms with Gasteiger partial charge in [0.15, 0.2) is 0 Å². The highest BCUT2D eigenvalue weighted by atomic mass is 35.5. The molecule has 1 saturated heterocycles. The molecule has 0 aliphatic carbocycles. The first-order valence-corrected chi connectivity index (χ1v) is 10.2. The van der Waals surface area contributed by atoms with Gasteiger partial charge >= 0.3 is 0 Å². The smallest absolute Gasteiger partial charge is 0.252 e. The summed E-state index contributed by atoms with van der Waals surface area (Å²) in [4.78, 5) is 20.2. The molecular formula is C23H24ClN3O. The van der Waals surface area contributed by atoms with E-state index < -0.39 is 0 Å². The van der Waals surface area contributed by atoms with Gasteiger partial charge in [-0.15, -0.1) is 0 Å². The van der Waals surface area contributed by atoms with Crippen LogP contribution in [-0.2, 0) is 0 Å². The minimum atomic E-state index is -0.0644. The van der Waals surface area contributed by atoms with Crippen LogP contribution in [0.5, 0.6) is 0 Å². The van der Waals surface area contributed by atoms with Crippen LogP contribution >= 0.6 is 11.6 Å². The largest absolute Gasteiger partial charge is 0.351 e. The summed E-state index contributed by atoms with van der Waals surface area (Å²) in [6, 6.07) is 15.4. The molecule has 0 saturated carbocycles. The molecule has 144 valence electrons. The molecule has 4 nitrogen and oxygen atoms in total. The van der Waals surface area contributed by atoms with Gasteiger partial charge in [0.25, 0.3) is 5.91 Å². The van der Waals surface area contributed by atoms with Crippen LogP contribution in [0, 0.1) is 6.92 Å². The molecule has 2 heterocycles. The van der Waals surface area contributed by atoms with Crippen molar-refractivity contribution < 1.29 is 4.79 Å². The SMILES string of the molecule is Cc1ccc2nc(-c3ccccc3Cl)cc(C(=O)NCCN3CCCC3)c2c1. The van der Waals surface area contributed by atoms with Gasteiger partial charge in [-0.05, 0) is 57.1 Å². The maximum absolute atomic E-state index is 13.0. The van der Waals surface area contributed by atoms with E-state index in [1.807, 2.05) is 55.5 Å². The Labute approximate surface area is 170 Å². The van der Waals surface area contributed by atoms with Gasteiger partial charge in [0.1, 0.15) is 0 Å². The molecule has 0 atom stereocenters. The predicted molar refractivity (Wildman–Crippen MR) is 115 cm³/mol. The van der Waals surface area contributed by atoms with Gasteiger partial charge in [0, 0.05) is 29.1 Å². The Morgan fingerprint density at radius 2 is 1.93 bits per heavy atom. The Balaban J connectivity index is 1.67. The number of likely N-dealkylation sites (tertiary alicyclic amines) is 1. The lowest BCUT2D eigenvalue weighted by Gasteiger charge is -2.16. The quantitative estimate of drug-likeness (QED) is 0.684. The molecule has 4 rings (SSSR count). The van der Waals surface area contributed by atoms with E-state index in [2.05, 4.69) is 10.2 Å². The second-order valence-electron chi connectivity index (χ2n) is 7.36. The monoisotopic (exact) mass is 393 g/mol. The molecule has 5 heteroatoms. The number of aromatic nitrogens is 1. The van der Waals surface area contributed by atoms with E-state index in [1.165, 1.54) is 12.8 Å². The van der Waals surface area contributed by atoms with E-state index in [1.54, 1.807) is 0 Å². The van der Waals surface area contributed by atoms with Crippen molar-refractivity contribution in [3.63, 3.8) is 0 Å². The second kappa shape index (κ2) is 8.29. The third-order valence-corrected chi connectivity index (χ3v) is 5.60. The summed E-state index contributed by atoms with van der Waals surface area (Å²) in [7, 11) is 0. The summed E-state index contributed by atoms with van der Waals surface area (Å²) in [5.74, 6) is -0.0644. The first-order valence-electron chi connectivity index (χ1n) is 9.79. The molecule has 0 bridgehead atoms. The minimum absolute atomic E-state index is 0.0644. The molecule has 0 unspecified atom stereocenters. The zero-order valence-corrected chi connectivity index (χ0v) is 16.8. The fraction of sp³-hybridized carbons (Fsp3) is 0.304. The van der Waals surface area contributed by atoms with Crippen LogP contribution in [0.25, 0.3) is 22.2 Å². The summed E-state index contributed by atoms with van der Waals surface area (Å²) in [6.07, 6.45) is 2.51. The van der Waals surface area contributed by atoms with Gasteiger partial charge in [-0.3, -0.25) is 4.79 Å². The maximum Gasteiger partial charge on any atom is 0.252 e. The van der Waals surface area contributed by atoms with Crippen LogP contribution in [-0.4, -0.2) is 42.0 Å². The Hall–Kier alpha value is -2.43. The number of fused-ring (bicyclic) bond motifs is 1. The summed E-state index contributed by atoms with van der Waals surface area (Å²) in [6.45, 7) is 5.82. The van der Waals surface area contributed by atoms with E-state index in [0.717, 1.165) is 41.7 Å². The molecule has 0 spiro atoms. The zero-order valence-electron chi connectivity index (χ0n) is 16.0. The Morgan fingerprint density at radius 3 is 2.71 bits per heavy atom. The lowest BCUT2D eigenvalue weighted by atomic mass is 10.0. The first-order chi connectivity index (χ1) is 13.6. The molecule has 1 aromatic heterocycles. The number of pyridine rings is 1. The van der Waals surface area contributed by atoms with Crippen molar-refractivity contribution in [3.05, 3.63) is 64.7 Å². The predicted octanol–water partition coefficient (Wildman–Crippen LogP) is 4.69. The number of benzene rings is 2. The average Bonchev–Trinajstić information content (AvgIpc) is 3.21. The van der Waals surface area contributed by atoms with E-state index >= 15 is 0 Å². The number of carbonyl (C=O) groups is 1. The third-order valence-electron chi connectivity index (χ3n) is 5.27. The number of hydrogen-bond donors (Lipinski definition) is 1. The number of rotatable bonds is 5. The normalized spacial score (nSPS) is 14.5. The molecule has 1 fully saturated rings. The van der Waals surface area contributed by atoms with Crippen molar-refractivity contribution in [3.8, 4) is 11.3 Å². The van der Waals surface area contributed by atoms with Gasteiger partial charge < -0.3 is 10.2 Å². The van der Waals surface area contributed by atoms with Gasteiger partial charge in [0.05, 0.1) is 16.8 Å². The maximum atomic E-state index is 13.0. The molecule has 1 amide bonds. The Morgan fingerprint density at radius 1 is 1.14 bits per heavy atom. The van der Waals surface area contributed by atoms with E-state index in [-0.39, 0.29) is 5.91 Å². The van der Waals surface area contributed by atoms with Crippen molar-refractivity contribution >= 4 is 28.4 Å². The lowest BCUT2D eigenvalue weighted by Crippen LogP contribution is -2.33. The fourth-order valence-electron chi connectivity index (χ4n) is 3.76. The summed E-state index contributed by atoms with van der Waals surface area (Å²) in [5, 5.41) is 4.59. The van der Waals surface area contributed by atoms with Crippen molar-refractivity contribution in [1.82, 2.24) is 15.2 Å². The molecule has 1 aliphatic rings. The molecule has 3 aromatic rings. The number of nitrogens with zero attached hydrogens (tertiary/aromatic N) is 2. The molecule has 2 aromatic carbocycles. The van der Waals surface area contributed by atoms with Gasteiger partial charge in [-0.25, -0.2) is 4.98 Å². The number of carbonyl (C=O) groups excluding carboxylic acids is 1. The van der Waals surface area contributed by atoms with Crippen LogP contribution in [0.15, 0.2) is 48.5 Å². The summed E-state index contributed by atoms with van der Waals surface area (Å²) >= 11 is 6.38. The van der Waals surface area contributed by atoms with Crippen molar-refractivity contribution in [1.29, 1.82) is 0 Å². The standard InChI is InChI=1S/C23H24ClN3O/c1-16-8-9-21-18(14-16)19(23(28)25-10-13-27-11-4-5-12-27)15-22(26-21)17-6-2-3-7-20(17)24/h2-3,6-9,14-15H,4-5,10-13H2,1H3,(H,25,28). The topological polar surface area (TPSA) is 45.2 Å². The van der Waals surface area contributed by atoms with Crippen molar-refractivity contribution in [2.24, 2.45) is 0 Å². The van der Waals surface area contributed by atoms with E-state index in [4.69, 9.17) is 16.6 Å². The third kappa shape index (κ3) is 4.03. The zero-order chi connectivity index (χ0) is 19.5. The molecule has 0 radical (unpaired) electrons. The Bertz CT molecular complexity index is 1010. The number of amides is 1. The molecular weight excluding hydrogens is 370 g/mol. The van der Waals surface area contributed by atoms with Crippen LogP contribution in [0.3, 0.4) is 0 Å². The number of halogens is 1. The van der Waals surface area contributed by atoms with Crippen molar-refractivity contribution in [2.75, 3.05) is 26.2 Å². The molecule has 1 aliphatic heterocycles. The van der Waals surface area contributed by atoms with Crippen LogP contribution in [0.4, 0.5) is 0 Å². The lowest BCUT2D eigenvalue weighted by molar-refractivity contribution is 0.0951.